The molecule has 2 atom stereocenters. The van der Waals surface area contributed by atoms with Crippen molar-refractivity contribution in [1.29, 1.82) is 5.41 Å². The summed E-state index contributed by atoms with van der Waals surface area (Å²) in [5, 5.41) is 7.82. The number of nitrogens with zero attached hydrogens (tertiary/aromatic N) is 1. The minimum Gasteiger partial charge on any atom is -0.384 e. The van der Waals surface area contributed by atoms with Crippen molar-refractivity contribution in [2.75, 3.05) is 18.0 Å². The third kappa shape index (κ3) is 2.41. The SMILES string of the molecule is Cc1cccc(C(=N)N)c1N1CCC2CCCCC2C1. The Labute approximate surface area is 121 Å². The van der Waals surface area contributed by atoms with Crippen LogP contribution in [-0.2, 0) is 0 Å². The van der Waals surface area contributed by atoms with Crippen molar-refractivity contribution in [2.45, 2.75) is 39.0 Å². The minimum atomic E-state index is 0.189. The standard InChI is InChI=1S/C17H25N3/c1-12-5-4-8-15(17(18)19)16(12)20-10-9-13-6-2-3-7-14(13)11-20/h4-5,8,13-14H,2-3,6-7,9-11H2,1H3,(H3,18,19). The first-order valence-corrected chi connectivity index (χ1v) is 7.86. The molecule has 0 radical (unpaired) electrons. The molecule has 0 aromatic heterocycles. The van der Waals surface area contributed by atoms with Crippen molar-refractivity contribution >= 4 is 11.5 Å². The van der Waals surface area contributed by atoms with Crippen LogP contribution in [0, 0.1) is 24.2 Å². The van der Waals surface area contributed by atoms with E-state index < -0.39 is 0 Å². The number of hydrogen-bond acceptors (Lipinski definition) is 2. The first-order chi connectivity index (χ1) is 9.66. The molecule has 1 aliphatic carbocycles. The van der Waals surface area contributed by atoms with Crippen LogP contribution in [0.15, 0.2) is 18.2 Å². The molecule has 2 aliphatic rings. The Morgan fingerprint density at radius 1 is 1.20 bits per heavy atom. The van der Waals surface area contributed by atoms with Gasteiger partial charge in [0.15, 0.2) is 0 Å². The van der Waals surface area contributed by atoms with E-state index >= 15 is 0 Å². The van der Waals surface area contributed by atoms with Crippen molar-refractivity contribution in [3.05, 3.63) is 29.3 Å². The lowest BCUT2D eigenvalue weighted by atomic mass is 9.75. The van der Waals surface area contributed by atoms with Gasteiger partial charge >= 0.3 is 0 Å². The molecular formula is C17H25N3. The second-order valence-electron chi connectivity index (χ2n) is 6.42. The summed E-state index contributed by atoms with van der Waals surface area (Å²) in [6.07, 6.45) is 6.91. The maximum Gasteiger partial charge on any atom is 0.124 e. The Bertz CT molecular complexity index is 509. The molecule has 3 heteroatoms. The van der Waals surface area contributed by atoms with E-state index in [-0.39, 0.29) is 5.84 Å². The molecule has 0 amide bonds. The van der Waals surface area contributed by atoms with E-state index in [9.17, 15) is 0 Å². The number of aryl methyl sites for hydroxylation is 1. The van der Waals surface area contributed by atoms with E-state index in [2.05, 4.69) is 17.9 Å². The van der Waals surface area contributed by atoms with E-state index in [0.717, 1.165) is 30.5 Å². The highest BCUT2D eigenvalue weighted by atomic mass is 15.1. The summed E-state index contributed by atoms with van der Waals surface area (Å²) >= 11 is 0. The topological polar surface area (TPSA) is 53.1 Å². The number of rotatable bonds is 2. The van der Waals surface area contributed by atoms with Gasteiger partial charge in [-0.2, -0.15) is 0 Å². The molecule has 1 aromatic rings. The fourth-order valence-electron chi connectivity index (χ4n) is 4.10. The van der Waals surface area contributed by atoms with Gasteiger partial charge in [-0.1, -0.05) is 31.4 Å². The number of nitrogens with one attached hydrogen (secondary N) is 1. The quantitative estimate of drug-likeness (QED) is 0.640. The Kier molecular flexibility index (Phi) is 3.68. The molecule has 3 rings (SSSR count). The van der Waals surface area contributed by atoms with Crippen LogP contribution < -0.4 is 10.6 Å². The lowest BCUT2D eigenvalue weighted by molar-refractivity contribution is 0.202. The molecule has 0 bridgehead atoms. The Morgan fingerprint density at radius 2 is 1.95 bits per heavy atom. The molecule has 0 spiro atoms. The van der Waals surface area contributed by atoms with E-state index in [1.807, 2.05) is 12.1 Å². The van der Waals surface area contributed by atoms with Crippen molar-refractivity contribution in [1.82, 2.24) is 0 Å². The molecule has 3 N–H and O–H groups in total. The van der Waals surface area contributed by atoms with Crippen LogP contribution in [0.5, 0.6) is 0 Å². The molecule has 2 unspecified atom stereocenters. The van der Waals surface area contributed by atoms with Gasteiger partial charge in [-0.15, -0.1) is 0 Å². The second-order valence-corrected chi connectivity index (χ2v) is 6.42. The first-order valence-electron chi connectivity index (χ1n) is 7.86. The van der Waals surface area contributed by atoms with Gasteiger partial charge in [-0.3, -0.25) is 5.41 Å². The predicted octanol–water partition coefficient (Wildman–Crippen LogP) is 3.30. The van der Waals surface area contributed by atoms with E-state index in [1.54, 1.807) is 0 Å². The number of benzene rings is 1. The molecule has 3 nitrogen and oxygen atoms in total. The van der Waals surface area contributed by atoms with Gasteiger partial charge in [0.25, 0.3) is 0 Å². The molecule has 2 fully saturated rings. The molecule has 1 heterocycles. The molecule has 20 heavy (non-hydrogen) atoms. The smallest absolute Gasteiger partial charge is 0.124 e. The highest BCUT2D eigenvalue weighted by molar-refractivity contribution is 6.01. The molecule has 1 saturated carbocycles. The van der Waals surface area contributed by atoms with E-state index in [4.69, 9.17) is 11.1 Å². The molecule has 1 saturated heterocycles. The number of fused-ring (bicyclic) bond motifs is 1. The number of amidine groups is 1. The zero-order valence-corrected chi connectivity index (χ0v) is 12.4. The normalized spacial score (nSPS) is 26.1. The lowest BCUT2D eigenvalue weighted by Gasteiger charge is -2.43. The Hall–Kier alpha value is -1.51. The number of hydrogen-bond donors (Lipinski definition) is 2. The molecular weight excluding hydrogens is 246 g/mol. The third-order valence-corrected chi connectivity index (χ3v) is 5.14. The summed E-state index contributed by atoms with van der Waals surface area (Å²) < 4.78 is 0. The van der Waals surface area contributed by atoms with Crippen LogP contribution in [0.3, 0.4) is 0 Å². The lowest BCUT2D eigenvalue weighted by Crippen LogP contribution is -2.42. The first kappa shape index (κ1) is 13.5. The average molecular weight is 271 g/mol. The van der Waals surface area contributed by atoms with Crippen molar-refractivity contribution in [2.24, 2.45) is 17.6 Å². The zero-order chi connectivity index (χ0) is 14.1. The van der Waals surface area contributed by atoms with Gasteiger partial charge in [0.2, 0.25) is 0 Å². The maximum atomic E-state index is 7.82. The van der Waals surface area contributed by atoms with Gasteiger partial charge in [-0.05, 0) is 43.2 Å². The van der Waals surface area contributed by atoms with Crippen molar-refractivity contribution < 1.29 is 0 Å². The molecule has 1 aromatic carbocycles. The summed E-state index contributed by atoms with van der Waals surface area (Å²) in [5.74, 6) is 1.97. The van der Waals surface area contributed by atoms with Gasteiger partial charge in [0, 0.05) is 18.7 Å². The zero-order valence-electron chi connectivity index (χ0n) is 12.4. The Morgan fingerprint density at radius 3 is 2.70 bits per heavy atom. The molecule has 108 valence electrons. The Balaban J connectivity index is 1.88. The predicted molar refractivity (Wildman–Crippen MR) is 84.5 cm³/mol. The summed E-state index contributed by atoms with van der Waals surface area (Å²) in [4.78, 5) is 2.48. The molecule has 1 aliphatic heterocycles. The van der Waals surface area contributed by atoms with Crippen molar-refractivity contribution in [3.8, 4) is 0 Å². The monoisotopic (exact) mass is 271 g/mol. The number of piperidine rings is 1. The van der Waals surface area contributed by atoms with Crippen molar-refractivity contribution in [3.63, 3.8) is 0 Å². The number of nitrogen functional groups attached to an aromatic ring is 1. The van der Waals surface area contributed by atoms with Gasteiger partial charge in [0.05, 0.1) is 5.69 Å². The van der Waals surface area contributed by atoms with Crippen LogP contribution in [0.4, 0.5) is 5.69 Å². The minimum absolute atomic E-state index is 0.189. The summed E-state index contributed by atoms with van der Waals surface area (Å²) in [6, 6.07) is 6.12. The summed E-state index contributed by atoms with van der Waals surface area (Å²) in [6.45, 7) is 4.40. The third-order valence-electron chi connectivity index (χ3n) is 5.14. The van der Waals surface area contributed by atoms with E-state index in [1.165, 1.54) is 43.4 Å². The summed E-state index contributed by atoms with van der Waals surface area (Å²) in [5.41, 5.74) is 9.12. The largest absolute Gasteiger partial charge is 0.384 e. The van der Waals surface area contributed by atoms with Crippen LogP contribution in [-0.4, -0.2) is 18.9 Å². The second kappa shape index (κ2) is 5.47. The highest BCUT2D eigenvalue weighted by Crippen LogP contribution is 2.38. The van der Waals surface area contributed by atoms with Crippen LogP contribution >= 0.6 is 0 Å². The summed E-state index contributed by atoms with van der Waals surface area (Å²) in [7, 11) is 0. The maximum absolute atomic E-state index is 7.82. The number of anilines is 1. The fourth-order valence-corrected chi connectivity index (χ4v) is 4.10. The van der Waals surface area contributed by atoms with Gasteiger partial charge in [-0.25, -0.2) is 0 Å². The number of para-hydroxylation sites is 1. The van der Waals surface area contributed by atoms with Crippen LogP contribution in [0.25, 0.3) is 0 Å². The van der Waals surface area contributed by atoms with Gasteiger partial charge in [0.1, 0.15) is 5.84 Å². The van der Waals surface area contributed by atoms with E-state index in [0.29, 0.717) is 0 Å². The van der Waals surface area contributed by atoms with Crippen LogP contribution in [0.2, 0.25) is 0 Å². The average Bonchev–Trinajstić information content (AvgIpc) is 2.46. The van der Waals surface area contributed by atoms with Crippen LogP contribution in [0.1, 0.15) is 43.2 Å². The van der Waals surface area contributed by atoms with Gasteiger partial charge < -0.3 is 10.6 Å². The number of nitrogens with two attached hydrogens (primary N) is 1. The highest BCUT2D eigenvalue weighted by Gasteiger charge is 2.32. The fraction of sp³-hybridized carbons (Fsp3) is 0.588.